The molecule has 1 heterocycles. The van der Waals surface area contributed by atoms with Crippen molar-refractivity contribution >= 4 is 23.3 Å². The van der Waals surface area contributed by atoms with E-state index in [2.05, 4.69) is 5.32 Å². The predicted octanol–water partition coefficient (Wildman–Crippen LogP) is 2.70. The third-order valence-corrected chi connectivity index (χ3v) is 3.94. The molecule has 0 radical (unpaired) electrons. The summed E-state index contributed by atoms with van der Waals surface area (Å²) in [6.07, 6.45) is -0.111. The van der Waals surface area contributed by atoms with E-state index in [9.17, 15) is 9.59 Å². The second-order valence-electron chi connectivity index (χ2n) is 5.19. The zero-order chi connectivity index (χ0) is 14.6. The molecule has 0 spiro atoms. The summed E-state index contributed by atoms with van der Waals surface area (Å²) in [5, 5.41) is 13.5. The average molecular weight is 284 g/mol. The molecule has 0 fully saturated rings. The van der Waals surface area contributed by atoms with Gasteiger partial charge in [-0.15, -0.1) is 11.3 Å². The van der Waals surface area contributed by atoms with Crippen molar-refractivity contribution in [2.24, 2.45) is 0 Å². The van der Waals surface area contributed by atoms with Crippen molar-refractivity contribution in [1.82, 2.24) is 10.2 Å². The number of nitrogens with one attached hydrogen (secondary N) is 1. The lowest BCUT2D eigenvalue weighted by Crippen LogP contribution is -2.50. The first kappa shape index (κ1) is 15.5. The Balaban J connectivity index is 2.65. The van der Waals surface area contributed by atoms with Crippen LogP contribution in [-0.4, -0.2) is 34.6 Å². The Morgan fingerprint density at radius 1 is 1.53 bits per heavy atom. The first-order valence-electron chi connectivity index (χ1n) is 6.03. The van der Waals surface area contributed by atoms with E-state index in [-0.39, 0.29) is 18.5 Å². The number of carbonyl (C=O) groups excluding carboxylic acids is 1. The number of aliphatic carboxylic acids is 1. The molecule has 0 aromatic carbocycles. The number of thiophene rings is 1. The van der Waals surface area contributed by atoms with Crippen molar-refractivity contribution in [1.29, 1.82) is 0 Å². The highest BCUT2D eigenvalue weighted by molar-refractivity contribution is 7.10. The van der Waals surface area contributed by atoms with Crippen molar-refractivity contribution in [3.63, 3.8) is 0 Å². The molecule has 1 unspecified atom stereocenters. The quantitative estimate of drug-likeness (QED) is 0.873. The highest BCUT2D eigenvalue weighted by Gasteiger charge is 2.27. The van der Waals surface area contributed by atoms with E-state index in [4.69, 9.17) is 5.11 Å². The fourth-order valence-corrected chi connectivity index (χ4v) is 2.52. The van der Waals surface area contributed by atoms with E-state index in [0.717, 1.165) is 4.88 Å². The Kier molecular flexibility index (Phi) is 4.94. The summed E-state index contributed by atoms with van der Waals surface area (Å²) in [5.74, 6) is -0.931. The predicted molar refractivity (Wildman–Crippen MR) is 75.4 cm³/mol. The average Bonchev–Trinajstić information content (AvgIpc) is 2.77. The lowest BCUT2D eigenvalue weighted by molar-refractivity contribution is -0.138. The first-order chi connectivity index (χ1) is 8.73. The van der Waals surface area contributed by atoms with E-state index in [1.807, 2.05) is 24.4 Å². The highest BCUT2D eigenvalue weighted by atomic mass is 32.1. The van der Waals surface area contributed by atoms with Crippen LogP contribution in [0.2, 0.25) is 0 Å². The molecular weight excluding hydrogens is 264 g/mol. The third kappa shape index (κ3) is 4.55. The van der Waals surface area contributed by atoms with Crippen LogP contribution in [0.4, 0.5) is 4.79 Å². The Hall–Kier alpha value is -1.56. The molecule has 2 amide bonds. The van der Waals surface area contributed by atoms with Crippen LogP contribution in [-0.2, 0) is 4.79 Å². The van der Waals surface area contributed by atoms with Gasteiger partial charge < -0.3 is 15.3 Å². The molecule has 1 aromatic rings. The van der Waals surface area contributed by atoms with Gasteiger partial charge in [0.2, 0.25) is 0 Å². The molecule has 19 heavy (non-hydrogen) atoms. The molecule has 0 aliphatic heterocycles. The normalized spacial score (nSPS) is 12.8. The van der Waals surface area contributed by atoms with Gasteiger partial charge in [-0.1, -0.05) is 6.07 Å². The van der Waals surface area contributed by atoms with Gasteiger partial charge in [-0.3, -0.25) is 4.79 Å². The maximum absolute atomic E-state index is 12.1. The number of rotatable bonds is 5. The van der Waals surface area contributed by atoms with Gasteiger partial charge in [0.05, 0.1) is 12.5 Å². The van der Waals surface area contributed by atoms with E-state index >= 15 is 0 Å². The molecule has 0 saturated heterocycles. The first-order valence-corrected chi connectivity index (χ1v) is 6.91. The molecule has 0 aliphatic carbocycles. The standard InChI is InChI=1S/C13H20N2O3S/c1-9(10-6-5-7-19-10)15(4)12(18)14-13(2,3)8-11(16)17/h5-7,9H,8H2,1-4H3,(H,14,18)(H,16,17). The number of urea groups is 1. The largest absolute Gasteiger partial charge is 0.481 e. The van der Waals surface area contributed by atoms with E-state index in [0.29, 0.717) is 0 Å². The summed E-state index contributed by atoms with van der Waals surface area (Å²) in [5.41, 5.74) is -0.771. The topological polar surface area (TPSA) is 69.6 Å². The van der Waals surface area contributed by atoms with Crippen LogP contribution in [0.15, 0.2) is 17.5 Å². The van der Waals surface area contributed by atoms with Gasteiger partial charge in [0.15, 0.2) is 0 Å². The fraction of sp³-hybridized carbons (Fsp3) is 0.538. The van der Waals surface area contributed by atoms with Crippen molar-refractivity contribution < 1.29 is 14.7 Å². The van der Waals surface area contributed by atoms with E-state index < -0.39 is 11.5 Å². The molecule has 0 bridgehead atoms. The summed E-state index contributed by atoms with van der Waals surface area (Å²) in [4.78, 5) is 25.5. The Morgan fingerprint density at radius 2 is 2.16 bits per heavy atom. The lowest BCUT2D eigenvalue weighted by atomic mass is 10.0. The molecule has 5 nitrogen and oxygen atoms in total. The molecule has 1 rings (SSSR count). The minimum absolute atomic E-state index is 0.0411. The summed E-state index contributed by atoms with van der Waals surface area (Å²) in [6, 6.07) is 3.60. The Bertz CT molecular complexity index is 443. The summed E-state index contributed by atoms with van der Waals surface area (Å²) in [6.45, 7) is 5.33. The Labute approximate surface area is 117 Å². The van der Waals surface area contributed by atoms with Crippen molar-refractivity contribution in [2.45, 2.75) is 38.8 Å². The summed E-state index contributed by atoms with van der Waals surface area (Å²) >= 11 is 1.59. The monoisotopic (exact) mass is 284 g/mol. The van der Waals surface area contributed by atoms with Gasteiger partial charge in [-0.2, -0.15) is 0 Å². The fourth-order valence-electron chi connectivity index (χ4n) is 1.70. The van der Waals surface area contributed by atoms with Gasteiger partial charge in [-0.25, -0.2) is 4.79 Å². The van der Waals surface area contributed by atoms with Crippen LogP contribution >= 0.6 is 11.3 Å². The Morgan fingerprint density at radius 3 is 2.63 bits per heavy atom. The second kappa shape index (κ2) is 6.06. The number of hydrogen-bond acceptors (Lipinski definition) is 3. The summed E-state index contributed by atoms with van der Waals surface area (Å²) < 4.78 is 0. The van der Waals surface area contributed by atoms with Gasteiger partial charge >= 0.3 is 12.0 Å². The van der Waals surface area contributed by atoms with Crippen LogP contribution in [0.3, 0.4) is 0 Å². The maximum atomic E-state index is 12.1. The number of amides is 2. The van der Waals surface area contributed by atoms with Crippen LogP contribution in [0.25, 0.3) is 0 Å². The van der Waals surface area contributed by atoms with Crippen LogP contribution in [0.5, 0.6) is 0 Å². The summed E-state index contributed by atoms with van der Waals surface area (Å²) in [7, 11) is 1.70. The molecular formula is C13H20N2O3S. The van der Waals surface area contributed by atoms with Crippen LogP contribution in [0, 0.1) is 0 Å². The maximum Gasteiger partial charge on any atom is 0.318 e. The molecule has 1 aromatic heterocycles. The van der Waals surface area contributed by atoms with Crippen LogP contribution in [0.1, 0.15) is 38.1 Å². The molecule has 0 saturated carbocycles. The number of carbonyl (C=O) groups is 2. The van der Waals surface area contributed by atoms with Gasteiger partial charge in [-0.05, 0) is 32.2 Å². The van der Waals surface area contributed by atoms with Crippen molar-refractivity contribution in [3.05, 3.63) is 22.4 Å². The zero-order valence-corrected chi connectivity index (χ0v) is 12.5. The smallest absolute Gasteiger partial charge is 0.318 e. The van der Waals surface area contributed by atoms with Gasteiger partial charge in [0.25, 0.3) is 0 Å². The SMILES string of the molecule is CC(c1cccs1)N(C)C(=O)NC(C)(C)CC(=O)O. The minimum Gasteiger partial charge on any atom is -0.481 e. The minimum atomic E-state index is -0.931. The van der Waals surface area contributed by atoms with Gasteiger partial charge in [0, 0.05) is 17.5 Å². The third-order valence-electron chi connectivity index (χ3n) is 2.89. The number of carboxylic acids is 1. The molecule has 0 aliphatic rings. The highest BCUT2D eigenvalue weighted by Crippen LogP contribution is 2.23. The van der Waals surface area contributed by atoms with E-state index in [1.54, 1.807) is 37.1 Å². The lowest BCUT2D eigenvalue weighted by Gasteiger charge is -2.30. The van der Waals surface area contributed by atoms with Crippen molar-refractivity contribution in [3.8, 4) is 0 Å². The van der Waals surface area contributed by atoms with Crippen molar-refractivity contribution in [2.75, 3.05) is 7.05 Å². The van der Waals surface area contributed by atoms with Crippen LogP contribution < -0.4 is 5.32 Å². The molecule has 2 N–H and O–H groups in total. The van der Waals surface area contributed by atoms with E-state index in [1.165, 1.54) is 0 Å². The molecule has 6 heteroatoms. The molecule has 1 atom stereocenters. The number of carboxylic acid groups (broad SMARTS) is 1. The number of hydrogen-bond donors (Lipinski definition) is 2. The van der Waals surface area contributed by atoms with Gasteiger partial charge in [0.1, 0.15) is 0 Å². The zero-order valence-electron chi connectivity index (χ0n) is 11.6. The molecule has 106 valence electrons. The number of nitrogens with zero attached hydrogens (tertiary/aromatic N) is 1. The second-order valence-corrected chi connectivity index (χ2v) is 6.17.